The van der Waals surface area contributed by atoms with Crippen molar-refractivity contribution in [2.24, 2.45) is 0 Å². The van der Waals surface area contributed by atoms with Crippen molar-refractivity contribution in [3.8, 4) is 5.75 Å². The molecule has 2 rings (SSSR count). The third-order valence-corrected chi connectivity index (χ3v) is 3.95. The average Bonchev–Trinajstić information content (AvgIpc) is 2.92. The van der Waals surface area contributed by atoms with Crippen molar-refractivity contribution in [1.29, 1.82) is 0 Å². The van der Waals surface area contributed by atoms with Crippen LogP contribution in [0.3, 0.4) is 0 Å². The van der Waals surface area contributed by atoms with Gasteiger partial charge in [0.05, 0.1) is 19.2 Å². The van der Waals surface area contributed by atoms with Gasteiger partial charge in [0, 0.05) is 11.6 Å². The SMILES string of the molecule is COc1ccc([C@@H](C)NC(=O)C2CSCN2)cc1. The normalized spacial score (nSPS) is 20.4. The Hall–Kier alpha value is -1.20. The molecule has 2 atom stereocenters. The first-order chi connectivity index (χ1) is 8.70. The van der Waals surface area contributed by atoms with Crippen LogP contribution in [0.25, 0.3) is 0 Å². The Morgan fingerprint density at radius 1 is 1.50 bits per heavy atom. The molecule has 0 bridgehead atoms. The predicted molar refractivity (Wildman–Crippen MR) is 73.8 cm³/mol. The topological polar surface area (TPSA) is 50.4 Å². The van der Waals surface area contributed by atoms with Crippen LogP contribution < -0.4 is 15.4 Å². The first-order valence-corrected chi connectivity index (χ1v) is 7.11. The number of methoxy groups -OCH3 is 1. The minimum atomic E-state index is -0.0595. The lowest BCUT2D eigenvalue weighted by Gasteiger charge is -2.17. The molecule has 5 heteroatoms. The third kappa shape index (κ3) is 3.17. The second kappa shape index (κ2) is 6.11. The summed E-state index contributed by atoms with van der Waals surface area (Å²) in [6.45, 7) is 1.99. The quantitative estimate of drug-likeness (QED) is 0.868. The molecule has 1 amide bonds. The fourth-order valence-corrected chi connectivity index (χ4v) is 2.80. The second-order valence-corrected chi connectivity index (χ2v) is 5.31. The molecule has 18 heavy (non-hydrogen) atoms. The van der Waals surface area contributed by atoms with E-state index in [0.29, 0.717) is 0 Å². The summed E-state index contributed by atoms with van der Waals surface area (Å²) >= 11 is 1.75. The van der Waals surface area contributed by atoms with Crippen LogP contribution in [-0.2, 0) is 4.79 Å². The fourth-order valence-electron chi connectivity index (χ4n) is 1.85. The zero-order valence-electron chi connectivity index (χ0n) is 10.6. The van der Waals surface area contributed by atoms with Crippen LogP contribution in [0.15, 0.2) is 24.3 Å². The number of thioether (sulfide) groups is 1. The van der Waals surface area contributed by atoms with Crippen molar-refractivity contribution < 1.29 is 9.53 Å². The summed E-state index contributed by atoms with van der Waals surface area (Å²) in [5.41, 5.74) is 1.08. The molecule has 1 aromatic carbocycles. The van der Waals surface area contributed by atoms with Gasteiger partial charge in [0.1, 0.15) is 5.75 Å². The zero-order valence-corrected chi connectivity index (χ0v) is 11.4. The van der Waals surface area contributed by atoms with E-state index < -0.39 is 0 Å². The van der Waals surface area contributed by atoms with Gasteiger partial charge in [-0.25, -0.2) is 0 Å². The first kappa shape index (κ1) is 13.2. The molecule has 0 aliphatic carbocycles. The zero-order chi connectivity index (χ0) is 13.0. The molecule has 0 aromatic heterocycles. The Kier molecular flexibility index (Phi) is 4.49. The van der Waals surface area contributed by atoms with Crippen molar-refractivity contribution in [1.82, 2.24) is 10.6 Å². The van der Waals surface area contributed by atoms with Crippen LogP contribution in [0.1, 0.15) is 18.5 Å². The molecule has 1 unspecified atom stereocenters. The highest BCUT2D eigenvalue weighted by molar-refractivity contribution is 7.99. The van der Waals surface area contributed by atoms with Crippen LogP contribution in [0, 0.1) is 0 Å². The number of hydrogen-bond donors (Lipinski definition) is 2. The highest BCUT2D eigenvalue weighted by Crippen LogP contribution is 2.18. The lowest BCUT2D eigenvalue weighted by molar-refractivity contribution is -0.123. The molecular formula is C13H18N2O2S. The van der Waals surface area contributed by atoms with Gasteiger partial charge in [0.2, 0.25) is 5.91 Å². The number of rotatable bonds is 4. The highest BCUT2D eigenvalue weighted by atomic mass is 32.2. The van der Waals surface area contributed by atoms with Gasteiger partial charge in [-0.3, -0.25) is 10.1 Å². The number of carbonyl (C=O) groups excluding carboxylic acids is 1. The Balaban J connectivity index is 1.93. The van der Waals surface area contributed by atoms with Crippen LogP contribution in [0.4, 0.5) is 0 Å². The van der Waals surface area contributed by atoms with Crippen LogP contribution >= 0.6 is 11.8 Å². The highest BCUT2D eigenvalue weighted by Gasteiger charge is 2.23. The van der Waals surface area contributed by atoms with E-state index in [1.165, 1.54) is 0 Å². The smallest absolute Gasteiger partial charge is 0.238 e. The molecule has 0 spiro atoms. The standard InChI is InChI=1S/C13H18N2O2S/c1-9(10-3-5-11(17-2)6-4-10)15-13(16)12-7-18-8-14-12/h3-6,9,12,14H,7-8H2,1-2H3,(H,15,16)/t9-,12?/m1/s1. The second-order valence-electron chi connectivity index (χ2n) is 4.28. The summed E-state index contributed by atoms with van der Waals surface area (Å²) in [5.74, 6) is 2.60. The molecule has 2 N–H and O–H groups in total. The van der Waals surface area contributed by atoms with Crippen LogP contribution in [0.2, 0.25) is 0 Å². The van der Waals surface area contributed by atoms with Gasteiger partial charge in [0.25, 0.3) is 0 Å². The molecule has 1 aromatic rings. The van der Waals surface area contributed by atoms with E-state index in [9.17, 15) is 4.79 Å². The van der Waals surface area contributed by atoms with E-state index in [0.717, 1.165) is 22.9 Å². The Bertz CT molecular complexity index is 402. The average molecular weight is 266 g/mol. The largest absolute Gasteiger partial charge is 0.497 e. The number of hydrogen-bond acceptors (Lipinski definition) is 4. The summed E-state index contributed by atoms with van der Waals surface area (Å²) in [5, 5.41) is 6.18. The van der Waals surface area contributed by atoms with Gasteiger partial charge in [-0.2, -0.15) is 0 Å². The van der Waals surface area contributed by atoms with E-state index in [2.05, 4.69) is 10.6 Å². The van der Waals surface area contributed by atoms with E-state index in [1.807, 2.05) is 31.2 Å². The van der Waals surface area contributed by atoms with Gasteiger partial charge in [-0.1, -0.05) is 12.1 Å². The number of nitrogens with one attached hydrogen (secondary N) is 2. The molecule has 1 aliphatic heterocycles. The monoisotopic (exact) mass is 266 g/mol. The van der Waals surface area contributed by atoms with Crippen LogP contribution in [-0.4, -0.2) is 30.7 Å². The number of amides is 1. The maximum atomic E-state index is 11.9. The van der Waals surface area contributed by atoms with Gasteiger partial charge in [-0.05, 0) is 24.6 Å². The Morgan fingerprint density at radius 3 is 2.78 bits per heavy atom. The molecule has 1 fully saturated rings. The molecule has 4 nitrogen and oxygen atoms in total. The van der Waals surface area contributed by atoms with Crippen molar-refractivity contribution >= 4 is 17.7 Å². The van der Waals surface area contributed by atoms with Gasteiger partial charge in [0.15, 0.2) is 0 Å². The Morgan fingerprint density at radius 2 is 2.22 bits per heavy atom. The van der Waals surface area contributed by atoms with E-state index >= 15 is 0 Å². The van der Waals surface area contributed by atoms with E-state index in [4.69, 9.17) is 4.74 Å². The number of benzene rings is 1. The minimum Gasteiger partial charge on any atom is -0.497 e. The fraction of sp³-hybridized carbons (Fsp3) is 0.462. The maximum Gasteiger partial charge on any atom is 0.238 e. The third-order valence-electron chi connectivity index (χ3n) is 3.01. The summed E-state index contributed by atoms with van der Waals surface area (Å²) in [6, 6.07) is 7.70. The predicted octanol–water partition coefficient (Wildman–Crippen LogP) is 1.53. The molecular weight excluding hydrogens is 248 g/mol. The molecule has 98 valence electrons. The number of ether oxygens (including phenoxy) is 1. The van der Waals surface area contributed by atoms with Crippen molar-refractivity contribution in [3.63, 3.8) is 0 Å². The van der Waals surface area contributed by atoms with E-state index in [1.54, 1.807) is 18.9 Å². The maximum absolute atomic E-state index is 11.9. The summed E-state index contributed by atoms with van der Waals surface area (Å²) in [7, 11) is 1.64. The minimum absolute atomic E-state index is 0.0100. The summed E-state index contributed by atoms with van der Waals surface area (Å²) in [6.07, 6.45) is 0. The molecule has 1 saturated heterocycles. The van der Waals surface area contributed by atoms with Crippen molar-refractivity contribution in [2.75, 3.05) is 18.7 Å². The number of carbonyl (C=O) groups is 1. The van der Waals surface area contributed by atoms with Crippen LogP contribution in [0.5, 0.6) is 5.75 Å². The first-order valence-electron chi connectivity index (χ1n) is 5.96. The van der Waals surface area contributed by atoms with E-state index in [-0.39, 0.29) is 18.0 Å². The lowest BCUT2D eigenvalue weighted by atomic mass is 10.1. The van der Waals surface area contributed by atoms with Gasteiger partial charge >= 0.3 is 0 Å². The molecule has 1 heterocycles. The molecule has 0 saturated carbocycles. The van der Waals surface area contributed by atoms with Gasteiger partial charge < -0.3 is 10.1 Å². The lowest BCUT2D eigenvalue weighted by Crippen LogP contribution is -2.42. The molecule has 1 aliphatic rings. The summed E-state index contributed by atoms with van der Waals surface area (Å²) < 4.78 is 5.11. The molecule has 0 radical (unpaired) electrons. The Labute approximate surface area is 111 Å². The van der Waals surface area contributed by atoms with Gasteiger partial charge in [-0.15, -0.1) is 11.8 Å². The van der Waals surface area contributed by atoms with Crippen molar-refractivity contribution in [3.05, 3.63) is 29.8 Å². The van der Waals surface area contributed by atoms with Crippen molar-refractivity contribution in [2.45, 2.75) is 19.0 Å². The summed E-state index contributed by atoms with van der Waals surface area (Å²) in [4.78, 5) is 11.9.